The van der Waals surface area contributed by atoms with Gasteiger partial charge in [-0.15, -0.1) is 0 Å². The monoisotopic (exact) mass is 387 g/mol. The first-order chi connectivity index (χ1) is 14.2. The van der Waals surface area contributed by atoms with Crippen LogP contribution in [0.15, 0.2) is 53.5 Å². The number of fused-ring (bicyclic) bond motifs is 3. The van der Waals surface area contributed by atoms with Crippen LogP contribution in [-0.4, -0.2) is 55.9 Å². The highest BCUT2D eigenvalue weighted by molar-refractivity contribution is 6.15. The van der Waals surface area contributed by atoms with Crippen molar-refractivity contribution in [3.8, 4) is 0 Å². The van der Waals surface area contributed by atoms with Crippen LogP contribution in [0, 0.1) is 6.92 Å². The van der Waals surface area contributed by atoms with E-state index in [1.165, 1.54) is 16.8 Å². The summed E-state index contributed by atoms with van der Waals surface area (Å²) in [6.45, 7) is 6.33. The predicted octanol–water partition coefficient (Wildman–Crippen LogP) is 3.06. The van der Waals surface area contributed by atoms with E-state index in [9.17, 15) is 4.79 Å². The Balaban J connectivity index is 1.60. The first-order valence-corrected chi connectivity index (χ1v) is 10.3. The SMILES string of the molecule is Cc1cccc(C2=NCC(=O)N3CCc4c(cccc4N4CCOCC4)C3=C2)c1. The van der Waals surface area contributed by atoms with Gasteiger partial charge in [-0.2, -0.15) is 0 Å². The van der Waals surface area contributed by atoms with Gasteiger partial charge in [-0.25, -0.2) is 0 Å². The third kappa shape index (κ3) is 3.36. The molecule has 0 aromatic heterocycles. The molecule has 2 aromatic rings. The average molecular weight is 387 g/mol. The number of benzene rings is 2. The van der Waals surface area contributed by atoms with Gasteiger partial charge >= 0.3 is 0 Å². The molecule has 3 aliphatic rings. The number of hydrogen-bond donors (Lipinski definition) is 0. The number of nitrogens with zero attached hydrogens (tertiary/aromatic N) is 3. The molecule has 0 radical (unpaired) electrons. The molecule has 0 saturated carbocycles. The van der Waals surface area contributed by atoms with Gasteiger partial charge in [0.25, 0.3) is 0 Å². The molecule has 2 aromatic carbocycles. The summed E-state index contributed by atoms with van der Waals surface area (Å²) in [5.74, 6) is 0.0707. The summed E-state index contributed by atoms with van der Waals surface area (Å²) < 4.78 is 5.53. The number of carbonyl (C=O) groups is 1. The van der Waals surface area contributed by atoms with Crippen LogP contribution in [-0.2, 0) is 16.0 Å². The molecule has 5 nitrogen and oxygen atoms in total. The van der Waals surface area contributed by atoms with E-state index in [1.54, 1.807) is 0 Å². The van der Waals surface area contributed by atoms with Gasteiger partial charge in [0.05, 0.1) is 24.6 Å². The van der Waals surface area contributed by atoms with Crippen molar-refractivity contribution < 1.29 is 9.53 Å². The normalized spacial score (nSPS) is 19.1. The molecule has 0 spiro atoms. The van der Waals surface area contributed by atoms with E-state index in [1.807, 2.05) is 11.0 Å². The lowest BCUT2D eigenvalue weighted by Crippen LogP contribution is -2.39. The smallest absolute Gasteiger partial charge is 0.248 e. The van der Waals surface area contributed by atoms with Crippen molar-refractivity contribution in [3.05, 3.63) is 70.8 Å². The molecule has 3 heterocycles. The molecule has 1 amide bonds. The van der Waals surface area contributed by atoms with Crippen LogP contribution >= 0.6 is 0 Å². The van der Waals surface area contributed by atoms with E-state index in [0.29, 0.717) is 6.54 Å². The zero-order chi connectivity index (χ0) is 19.8. The predicted molar refractivity (Wildman–Crippen MR) is 115 cm³/mol. The maximum Gasteiger partial charge on any atom is 0.248 e. The molecule has 5 rings (SSSR count). The van der Waals surface area contributed by atoms with E-state index in [4.69, 9.17) is 4.74 Å². The van der Waals surface area contributed by atoms with E-state index in [-0.39, 0.29) is 12.5 Å². The fraction of sp³-hybridized carbons (Fsp3) is 0.333. The number of rotatable bonds is 2. The molecule has 29 heavy (non-hydrogen) atoms. The van der Waals surface area contributed by atoms with Crippen molar-refractivity contribution >= 4 is 23.0 Å². The van der Waals surface area contributed by atoms with Crippen molar-refractivity contribution in [1.82, 2.24) is 4.90 Å². The lowest BCUT2D eigenvalue weighted by atomic mass is 9.92. The topological polar surface area (TPSA) is 45.1 Å². The van der Waals surface area contributed by atoms with Crippen LogP contribution in [0.5, 0.6) is 0 Å². The van der Waals surface area contributed by atoms with Crippen LogP contribution in [0.25, 0.3) is 5.70 Å². The van der Waals surface area contributed by atoms with Gasteiger partial charge in [-0.05, 0) is 37.1 Å². The maximum absolute atomic E-state index is 12.8. The molecule has 0 N–H and O–H groups in total. The highest BCUT2D eigenvalue weighted by atomic mass is 16.5. The number of carbonyl (C=O) groups excluding carboxylic acids is 1. The van der Waals surface area contributed by atoms with Crippen LogP contribution in [0.3, 0.4) is 0 Å². The molecule has 0 unspecified atom stereocenters. The van der Waals surface area contributed by atoms with Gasteiger partial charge in [-0.3, -0.25) is 9.79 Å². The summed E-state index contributed by atoms with van der Waals surface area (Å²) in [4.78, 5) is 21.8. The summed E-state index contributed by atoms with van der Waals surface area (Å²) in [6.07, 6.45) is 2.96. The Hall–Kier alpha value is -2.92. The van der Waals surface area contributed by atoms with Gasteiger partial charge < -0.3 is 14.5 Å². The van der Waals surface area contributed by atoms with Crippen molar-refractivity contribution in [2.24, 2.45) is 4.99 Å². The van der Waals surface area contributed by atoms with Crippen LogP contribution in [0.1, 0.15) is 22.3 Å². The molecule has 1 fully saturated rings. The lowest BCUT2D eigenvalue weighted by molar-refractivity contribution is -0.126. The molecule has 0 atom stereocenters. The molecule has 5 heteroatoms. The summed E-state index contributed by atoms with van der Waals surface area (Å²) in [5, 5.41) is 0. The largest absolute Gasteiger partial charge is 0.378 e. The highest BCUT2D eigenvalue weighted by Gasteiger charge is 2.30. The fourth-order valence-electron chi connectivity index (χ4n) is 4.47. The molecular formula is C24H25N3O2. The molecule has 0 aliphatic carbocycles. The number of hydrogen-bond acceptors (Lipinski definition) is 4. The molecular weight excluding hydrogens is 362 g/mol. The average Bonchev–Trinajstić information content (AvgIpc) is 2.93. The Morgan fingerprint density at radius 1 is 1.03 bits per heavy atom. The Morgan fingerprint density at radius 3 is 2.69 bits per heavy atom. The van der Waals surface area contributed by atoms with E-state index < -0.39 is 0 Å². The zero-order valence-electron chi connectivity index (χ0n) is 16.7. The number of anilines is 1. The Kier molecular flexibility index (Phi) is 4.68. The van der Waals surface area contributed by atoms with Gasteiger partial charge in [0, 0.05) is 36.4 Å². The summed E-state index contributed by atoms with van der Waals surface area (Å²) in [5.41, 5.74) is 7.86. The van der Waals surface area contributed by atoms with Crippen molar-refractivity contribution in [3.63, 3.8) is 0 Å². The Labute approximate surface area is 171 Å². The van der Waals surface area contributed by atoms with E-state index in [2.05, 4.69) is 59.3 Å². The first kappa shape index (κ1) is 18.1. The van der Waals surface area contributed by atoms with Crippen molar-refractivity contribution in [2.75, 3.05) is 44.3 Å². The molecule has 3 aliphatic heterocycles. The number of amides is 1. The number of aryl methyl sites for hydroxylation is 1. The van der Waals surface area contributed by atoms with Crippen molar-refractivity contribution in [2.45, 2.75) is 13.3 Å². The van der Waals surface area contributed by atoms with Gasteiger partial charge in [-0.1, -0.05) is 35.9 Å². The molecule has 0 bridgehead atoms. The van der Waals surface area contributed by atoms with Crippen LogP contribution in [0.4, 0.5) is 5.69 Å². The van der Waals surface area contributed by atoms with Gasteiger partial charge in [0.2, 0.25) is 5.91 Å². The van der Waals surface area contributed by atoms with E-state index >= 15 is 0 Å². The second-order valence-electron chi connectivity index (χ2n) is 7.80. The Morgan fingerprint density at radius 2 is 1.86 bits per heavy atom. The standard InChI is InChI=1S/C24H25N3O2/c1-17-4-2-5-18(14-17)21-15-23-19-6-3-7-22(26-10-12-29-13-11-26)20(19)8-9-27(23)24(28)16-25-21/h2-7,14-15H,8-13,16H2,1H3. The maximum atomic E-state index is 12.8. The second kappa shape index (κ2) is 7.48. The van der Waals surface area contributed by atoms with Gasteiger partial charge in [0.1, 0.15) is 6.54 Å². The Bertz CT molecular complexity index is 1020. The summed E-state index contributed by atoms with van der Waals surface area (Å²) in [6, 6.07) is 14.8. The summed E-state index contributed by atoms with van der Waals surface area (Å²) >= 11 is 0. The minimum atomic E-state index is 0.0707. The lowest BCUT2D eigenvalue weighted by Gasteiger charge is -2.36. The third-order valence-electron chi connectivity index (χ3n) is 5.93. The van der Waals surface area contributed by atoms with Gasteiger partial charge in [0.15, 0.2) is 0 Å². The first-order valence-electron chi connectivity index (χ1n) is 10.3. The number of morpholine rings is 1. The van der Waals surface area contributed by atoms with Crippen LogP contribution < -0.4 is 4.90 Å². The fourth-order valence-corrected chi connectivity index (χ4v) is 4.47. The van der Waals surface area contributed by atoms with Crippen LogP contribution in [0.2, 0.25) is 0 Å². The minimum absolute atomic E-state index is 0.0707. The third-order valence-corrected chi connectivity index (χ3v) is 5.93. The van der Waals surface area contributed by atoms with Crippen molar-refractivity contribution in [1.29, 1.82) is 0 Å². The minimum Gasteiger partial charge on any atom is -0.378 e. The van der Waals surface area contributed by atoms with E-state index in [0.717, 1.165) is 55.3 Å². The number of ether oxygens (including phenoxy) is 1. The highest BCUT2D eigenvalue weighted by Crippen LogP contribution is 2.36. The molecule has 1 saturated heterocycles. The number of aliphatic imine (C=N–C) groups is 1. The zero-order valence-corrected chi connectivity index (χ0v) is 16.7. The summed E-state index contributed by atoms with van der Waals surface area (Å²) in [7, 11) is 0. The quantitative estimate of drug-likeness (QED) is 0.796. The second-order valence-corrected chi connectivity index (χ2v) is 7.80. The number of allylic oxidation sites excluding steroid dienone is 1. The molecule has 148 valence electrons.